The Morgan fingerprint density at radius 2 is 2.00 bits per heavy atom. The Labute approximate surface area is 203 Å². The average molecular weight is 511 g/mol. The van der Waals surface area contributed by atoms with E-state index in [0.717, 1.165) is 30.8 Å². The van der Waals surface area contributed by atoms with E-state index < -0.39 is 23.6 Å². The number of carbonyl (C=O) groups excluding carboxylic acids is 1. The molecule has 11 heteroatoms. The summed E-state index contributed by atoms with van der Waals surface area (Å²) < 4.78 is 35.6. The summed E-state index contributed by atoms with van der Waals surface area (Å²) in [6.07, 6.45) is 6.75. The van der Waals surface area contributed by atoms with Gasteiger partial charge in [-0.3, -0.25) is 8.98 Å². The van der Waals surface area contributed by atoms with Crippen LogP contribution in [0.5, 0.6) is 0 Å². The summed E-state index contributed by atoms with van der Waals surface area (Å²) in [5.74, 6) is 0.128. The Bertz CT molecular complexity index is 1140. The Kier molecular flexibility index (Phi) is 7.91. The van der Waals surface area contributed by atoms with Crippen LogP contribution in [0.2, 0.25) is 25.7 Å². The molecular formula is C23H38N4O5SSi. The first kappa shape index (κ1) is 26.8. The van der Waals surface area contributed by atoms with Crippen molar-refractivity contribution in [3.05, 3.63) is 23.7 Å². The van der Waals surface area contributed by atoms with E-state index in [1.54, 1.807) is 12.4 Å². The Hall–Kier alpha value is -1.82. The molecule has 190 valence electrons. The fraction of sp³-hybridized carbons (Fsp3) is 0.696. The monoisotopic (exact) mass is 510 g/mol. The van der Waals surface area contributed by atoms with Crippen LogP contribution in [-0.2, 0) is 25.8 Å². The first-order valence-electron chi connectivity index (χ1n) is 11.7. The van der Waals surface area contributed by atoms with Gasteiger partial charge in [0.25, 0.3) is 16.0 Å². The molecule has 3 rings (SSSR count). The normalized spacial score (nSPS) is 16.1. The van der Waals surface area contributed by atoms with Gasteiger partial charge < -0.3 is 14.6 Å². The van der Waals surface area contributed by atoms with Crippen molar-refractivity contribution in [3.8, 4) is 0 Å². The summed E-state index contributed by atoms with van der Waals surface area (Å²) in [6, 6.07) is 0.701. The molecule has 0 saturated heterocycles. The molecule has 2 aromatic rings. The molecule has 1 aliphatic carbocycles. The van der Waals surface area contributed by atoms with E-state index in [2.05, 4.69) is 29.9 Å². The van der Waals surface area contributed by atoms with Crippen LogP contribution in [0.15, 0.2) is 12.4 Å². The van der Waals surface area contributed by atoms with Crippen LogP contribution >= 0.6 is 0 Å². The third-order valence-corrected chi connectivity index (χ3v) is 8.47. The van der Waals surface area contributed by atoms with Crippen LogP contribution in [0.25, 0.3) is 11.2 Å². The first-order valence-corrected chi connectivity index (χ1v) is 17.3. The fourth-order valence-electron chi connectivity index (χ4n) is 3.30. The topological polar surface area (TPSA) is 112 Å². The van der Waals surface area contributed by atoms with Crippen molar-refractivity contribution >= 4 is 35.3 Å². The largest absolute Gasteiger partial charge is 0.361 e. The lowest BCUT2D eigenvalue weighted by atomic mass is 9.86. The fourth-order valence-corrected chi connectivity index (χ4v) is 4.58. The first-order chi connectivity index (χ1) is 15.7. The second-order valence-electron chi connectivity index (χ2n) is 11.3. The number of hydrogen-bond donors (Lipinski definition) is 1. The van der Waals surface area contributed by atoms with Crippen molar-refractivity contribution in [1.29, 1.82) is 0 Å². The summed E-state index contributed by atoms with van der Waals surface area (Å²) in [5.41, 5.74) is 1.92. The van der Waals surface area contributed by atoms with Crippen molar-refractivity contribution in [2.24, 2.45) is 5.41 Å². The Morgan fingerprint density at radius 3 is 2.59 bits per heavy atom. The molecule has 9 nitrogen and oxygen atoms in total. The number of aromatic nitrogens is 3. The van der Waals surface area contributed by atoms with Gasteiger partial charge >= 0.3 is 0 Å². The number of hydrogen-bond acceptors (Lipinski definition) is 7. The van der Waals surface area contributed by atoms with Gasteiger partial charge in [0.15, 0.2) is 5.65 Å². The summed E-state index contributed by atoms with van der Waals surface area (Å²) in [5, 5.41) is 3.00. The zero-order valence-electron chi connectivity index (χ0n) is 21.3. The summed E-state index contributed by atoms with van der Waals surface area (Å²) in [4.78, 5) is 22.7. The molecule has 34 heavy (non-hydrogen) atoms. The maximum atomic E-state index is 13.3. The van der Waals surface area contributed by atoms with E-state index in [0.29, 0.717) is 36.0 Å². The van der Waals surface area contributed by atoms with Crippen LogP contribution in [0.4, 0.5) is 0 Å². The van der Waals surface area contributed by atoms with Crippen LogP contribution in [0.1, 0.15) is 55.6 Å². The van der Waals surface area contributed by atoms with Gasteiger partial charge in [0.1, 0.15) is 12.2 Å². The molecular weight excluding hydrogens is 472 g/mol. The van der Waals surface area contributed by atoms with Gasteiger partial charge in [0.05, 0.1) is 30.3 Å². The molecule has 2 heterocycles. The second kappa shape index (κ2) is 10.0. The van der Waals surface area contributed by atoms with E-state index in [-0.39, 0.29) is 18.6 Å². The standard InChI is InChI=1S/C23H38N4O5SSi/c1-16(23(2,3)14-32-33(4,29)30)25-22(28)18-13-27(15-31-10-11-34(5,6)7)21-20(18)26-19(12-24-21)17-8-9-17/h12-13,16-17H,8-11,14-15H2,1-7H3,(H,25,28)/t16-/m0/s1. The quantitative estimate of drug-likeness (QED) is 0.263. The molecule has 2 aromatic heterocycles. The number of ether oxygens (including phenoxy) is 1. The van der Waals surface area contributed by atoms with Gasteiger partial charge in [-0.05, 0) is 25.8 Å². The molecule has 1 N–H and O–H groups in total. The molecule has 0 aliphatic heterocycles. The minimum atomic E-state index is -3.57. The number of nitrogens with one attached hydrogen (secondary N) is 1. The van der Waals surface area contributed by atoms with Crippen LogP contribution in [0.3, 0.4) is 0 Å². The van der Waals surface area contributed by atoms with Crippen molar-refractivity contribution in [3.63, 3.8) is 0 Å². The molecule has 1 atom stereocenters. The van der Waals surface area contributed by atoms with Gasteiger partial charge in [0.2, 0.25) is 0 Å². The van der Waals surface area contributed by atoms with Gasteiger partial charge in [-0.1, -0.05) is 33.5 Å². The van der Waals surface area contributed by atoms with E-state index in [1.165, 1.54) is 0 Å². The summed E-state index contributed by atoms with van der Waals surface area (Å²) in [6.45, 7) is 13.4. The lowest BCUT2D eigenvalue weighted by Gasteiger charge is -2.31. The van der Waals surface area contributed by atoms with E-state index in [4.69, 9.17) is 13.9 Å². The highest BCUT2D eigenvalue weighted by Crippen LogP contribution is 2.39. The smallest absolute Gasteiger partial charge is 0.264 e. The third-order valence-electron chi connectivity index (χ3n) is 6.22. The molecule has 0 spiro atoms. The minimum Gasteiger partial charge on any atom is -0.361 e. The lowest BCUT2D eigenvalue weighted by Crippen LogP contribution is -2.45. The summed E-state index contributed by atoms with van der Waals surface area (Å²) in [7, 11) is -4.77. The lowest BCUT2D eigenvalue weighted by molar-refractivity contribution is 0.0855. The second-order valence-corrected chi connectivity index (χ2v) is 18.5. The zero-order valence-corrected chi connectivity index (χ0v) is 23.2. The predicted octanol–water partition coefficient (Wildman–Crippen LogP) is 3.74. The van der Waals surface area contributed by atoms with E-state index in [1.807, 2.05) is 25.3 Å². The molecule has 1 aliphatic rings. The molecule has 1 saturated carbocycles. The van der Waals surface area contributed by atoms with Gasteiger partial charge in [0, 0.05) is 38.3 Å². The highest BCUT2D eigenvalue weighted by molar-refractivity contribution is 7.85. The molecule has 0 aromatic carbocycles. The van der Waals surface area contributed by atoms with E-state index in [9.17, 15) is 13.2 Å². The molecule has 0 radical (unpaired) electrons. The van der Waals surface area contributed by atoms with Crippen molar-refractivity contribution < 1.29 is 22.1 Å². The van der Waals surface area contributed by atoms with Gasteiger partial charge in [-0.2, -0.15) is 8.42 Å². The number of nitrogens with zero attached hydrogens (tertiary/aromatic N) is 3. The van der Waals surface area contributed by atoms with Crippen molar-refractivity contribution in [2.45, 2.75) is 78.0 Å². The molecule has 1 fully saturated rings. The predicted molar refractivity (Wildman–Crippen MR) is 135 cm³/mol. The van der Waals surface area contributed by atoms with Gasteiger partial charge in [-0.15, -0.1) is 0 Å². The third kappa shape index (κ3) is 7.34. The SMILES string of the molecule is C[C@H](NC(=O)c1cn(COCC[Si](C)(C)C)c2ncc(C3CC3)nc12)C(C)(C)COS(C)(=O)=O. The molecule has 1 amide bonds. The number of rotatable bonds is 12. The number of fused-ring (bicyclic) bond motifs is 1. The van der Waals surface area contributed by atoms with Crippen molar-refractivity contribution in [2.75, 3.05) is 19.5 Å². The molecule has 0 bridgehead atoms. The minimum absolute atomic E-state index is 0.0361. The van der Waals surface area contributed by atoms with Crippen LogP contribution in [-0.4, -0.2) is 62.4 Å². The number of amides is 1. The maximum Gasteiger partial charge on any atom is 0.264 e. The Balaban J connectivity index is 1.80. The Morgan fingerprint density at radius 1 is 1.32 bits per heavy atom. The van der Waals surface area contributed by atoms with Crippen molar-refractivity contribution in [1.82, 2.24) is 19.9 Å². The highest BCUT2D eigenvalue weighted by Gasteiger charge is 2.31. The average Bonchev–Trinajstić information content (AvgIpc) is 3.50. The number of carbonyl (C=O) groups is 1. The zero-order chi connectivity index (χ0) is 25.3. The highest BCUT2D eigenvalue weighted by atomic mass is 32.2. The van der Waals surface area contributed by atoms with E-state index >= 15 is 0 Å². The van der Waals surface area contributed by atoms with Crippen LogP contribution < -0.4 is 5.32 Å². The van der Waals surface area contributed by atoms with Crippen LogP contribution in [0, 0.1) is 5.41 Å². The maximum absolute atomic E-state index is 13.3. The summed E-state index contributed by atoms with van der Waals surface area (Å²) >= 11 is 0. The molecule has 0 unspecified atom stereocenters. The van der Waals surface area contributed by atoms with Gasteiger partial charge in [-0.25, -0.2) is 9.97 Å².